The summed E-state index contributed by atoms with van der Waals surface area (Å²) in [4.78, 5) is 17.8. The topological polar surface area (TPSA) is 45.2 Å². The summed E-state index contributed by atoms with van der Waals surface area (Å²) in [5.74, 6) is 0.746. The number of rotatable bonds is 3. The third-order valence-electron chi connectivity index (χ3n) is 2.92. The van der Waals surface area contributed by atoms with Crippen LogP contribution >= 0.6 is 15.9 Å². The smallest absolute Gasteiger partial charge is 0.244 e. The number of aromatic nitrogens is 1. The molecule has 0 aliphatic heterocycles. The van der Waals surface area contributed by atoms with Crippen LogP contribution in [0.15, 0.2) is 34.9 Å². The Balaban J connectivity index is 2.36. The van der Waals surface area contributed by atoms with E-state index in [1.807, 2.05) is 31.2 Å². The van der Waals surface area contributed by atoms with Crippen LogP contribution in [-0.4, -0.2) is 35.9 Å². The molecule has 1 amide bonds. The lowest BCUT2D eigenvalue weighted by Gasteiger charge is -2.19. The molecule has 1 unspecified atom stereocenters. The first-order valence-corrected chi connectivity index (χ1v) is 6.81. The molecule has 2 rings (SSSR count). The Morgan fingerprint density at radius 2 is 2.05 bits per heavy atom. The second-order valence-electron chi connectivity index (χ2n) is 4.59. The molecule has 0 fully saturated rings. The van der Waals surface area contributed by atoms with Gasteiger partial charge in [-0.15, -0.1) is 0 Å². The van der Waals surface area contributed by atoms with E-state index in [0.29, 0.717) is 0 Å². The fraction of sp³-hybridized carbons (Fsp3) is 0.286. The second kappa shape index (κ2) is 5.57. The van der Waals surface area contributed by atoms with Crippen LogP contribution in [0.4, 0.5) is 5.82 Å². The highest BCUT2D eigenvalue weighted by Crippen LogP contribution is 2.27. The van der Waals surface area contributed by atoms with Crippen molar-refractivity contribution >= 4 is 38.4 Å². The predicted molar refractivity (Wildman–Crippen MR) is 81.2 cm³/mol. The van der Waals surface area contributed by atoms with Crippen LogP contribution in [0.1, 0.15) is 6.92 Å². The standard InChI is InChI=1S/C14H16BrN3O/c1-9(14(19)18(2)3)17-13-11-5-4-6-12(15)10(11)7-8-16-13/h4-9H,1-3H3,(H,16,17). The van der Waals surface area contributed by atoms with Crippen LogP contribution in [0.3, 0.4) is 0 Å². The molecule has 1 aromatic carbocycles. The molecular weight excluding hydrogens is 306 g/mol. The van der Waals surface area contributed by atoms with E-state index >= 15 is 0 Å². The number of pyridine rings is 1. The Bertz CT molecular complexity index is 613. The maximum absolute atomic E-state index is 11.9. The quantitative estimate of drug-likeness (QED) is 0.945. The molecule has 1 aromatic heterocycles. The minimum atomic E-state index is -0.313. The van der Waals surface area contributed by atoms with Crippen LogP contribution in [-0.2, 0) is 4.79 Å². The zero-order valence-electron chi connectivity index (χ0n) is 11.1. The Morgan fingerprint density at radius 1 is 1.32 bits per heavy atom. The van der Waals surface area contributed by atoms with E-state index in [1.54, 1.807) is 25.2 Å². The zero-order valence-corrected chi connectivity index (χ0v) is 12.7. The second-order valence-corrected chi connectivity index (χ2v) is 5.45. The van der Waals surface area contributed by atoms with Gasteiger partial charge < -0.3 is 10.2 Å². The van der Waals surface area contributed by atoms with Crippen molar-refractivity contribution in [3.63, 3.8) is 0 Å². The Morgan fingerprint density at radius 3 is 2.74 bits per heavy atom. The van der Waals surface area contributed by atoms with Crippen molar-refractivity contribution in [2.45, 2.75) is 13.0 Å². The molecule has 0 radical (unpaired) electrons. The van der Waals surface area contributed by atoms with Gasteiger partial charge in [-0.2, -0.15) is 0 Å². The van der Waals surface area contributed by atoms with Gasteiger partial charge in [0.15, 0.2) is 0 Å². The number of hydrogen-bond donors (Lipinski definition) is 1. The van der Waals surface area contributed by atoms with E-state index < -0.39 is 0 Å². The molecule has 19 heavy (non-hydrogen) atoms. The van der Waals surface area contributed by atoms with E-state index in [0.717, 1.165) is 21.1 Å². The highest BCUT2D eigenvalue weighted by molar-refractivity contribution is 9.10. The normalized spacial score (nSPS) is 12.2. The van der Waals surface area contributed by atoms with E-state index in [2.05, 4.69) is 26.2 Å². The third kappa shape index (κ3) is 2.87. The average Bonchev–Trinajstić information content (AvgIpc) is 2.39. The van der Waals surface area contributed by atoms with E-state index in [-0.39, 0.29) is 11.9 Å². The molecule has 0 saturated carbocycles. The molecule has 0 bridgehead atoms. The van der Waals surface area contributed by atoms with Crippen LogP contribution in [0, 0.1) is 0 Å². The molecule has 2 aromatic rings. The SMILES string of the molecule is CC(Nc1nccc2c(Br)cccc12)C(=O)N(C)C. The largest absolute Gasteiger partial charge is 0.358 e. The van der Waals surface area contributed by atoms with Gasteiger partial charge in [0, 0.05) is 35.5 Å². The maximum atomic E-state index is 11.9. The van der Waals surface area contributed by atoms with Crippen molar-refractivity contribution in [3.05, 3.63) is 34.9 Å². The first kappa shape index (κ1) is 13.8. The van der Waals surface area contributed by atoms with Gasteiger partial charge >= 0.3 is 0 Å². The minimum absolute atomic E-state index is 0.0220. The number of nitrogens with one attached hydrogen (secondary N) is 1. The molecule has 0 saturated heterocycles. The molecule has 1 N–H and O–H groups in total. The highest BCUT2D eigenvalue weighted by Gasteiger charge is 2.16. The van der Waals surface area contributed by atoms with Gasteiger partial charge in [0.2, 0.25) is 5.91 Å². The summed E-state index contributed by atoms with van der Waals surface area (Å²) in [6, 6.07) is 7.57. The summed E-state index contributed by atoms with van der Waals surface area (Å²) in [7, 11) is 3.49. The molecular formula is C14H16BrN3O. The highest BCUT2D eigenvalue weighted by atomic mass is 79.9. The fourth-order valence-electron chi connectivity index (χ4n) is 1.94. The number of halogens is 1. The molecule has 0 aliphatic rings. The molecule has 1 heterocycles. The summed E-state index contributed by atoms with van der Waals surface area (Å²) in [6.07, 6.45) is 1.74. The minimum Gasteiger partial charge on any atom is -0.358 e. The Hall–Kier alpha value is -1.62. The lowest BCUT2D eigenvalue weighted by atomic mass is 10.1. The summed E-state index contributed by atoms with van der Waals surface area (Å²) in [5.41, 5.74) is 0. The first-order valence-electron chi connectivity index (χ1n) is 6.01. The van der Waals surface area contributed by atoms with Gasteiger partial charge in [-0.3, -0.25) is 4.79 Å². The Labute approximate surface area is 120 Å². The first-order chi connectivity index (χ1) is 9.00. The lowest BCUT2D eigenvalue weighted by molar-refractivity contribution is -0.129. The average molecular weight is 322 g/mol. The molecule has 4 nitrogen and oxygen atoms in total. The molecule has 0 spiro atoms. The van der Waals surface area contributed by atoms with E-state index in [9.17, 15) is 4.79 Å². The van der Waals surface area contributed by atoms with Crippen molar-refractivity contribution in [2.75, 3.05) is 19.4 Å². The number of carbonyl (C=O) groups excluding carboxylic acids is 1. The van der Waals surface area contributed by atoms with Crippen molar-refractivity contribution in [1.29, 1.82) is 0 Å². The number of amides is 1. The number of fused-ring (bicyclic) bond motifs is 1. The number of likely N-dealkylation sites (N-methyl/N-ethyl adjacent to an activating group) is 1. The zero-order chi connectivity index (χ0) is 14.0. The van der Waals surface area contributed by atoms with Gasteiger partial charge in [-0.25, -0.2) is 4.98 Å². The van der Waals surface area contributed by atoms with Crippen LogP contribution < -0.4 is 5.32 Å². The molecule has 1 atom stereocenters. The predicted octanol–water partition coefficient (Wildman–Crippen LogP) is 2.89. The number of carbonyl (C=O) groups is 1. The molecule has 100 valence electrons. The summed E-state index contributed by atoms with van der Waals surface area (Å²) in [5, 5.41) is 5.24. The Kier molecular flexibility index (Phi) is 4.04. The number of hydrogen-bond acceptors (Lipinski definition) is 3. The number of nitrogens with zero attached hydrogens (tertiary/aromatic N) is 2. The van der Waals surface area contributed by atoms with E-state index in [4.69, 9.17) is 0 Å². The third-order valence-corrected chi connectivity index (χ3v) is 3.61. The fourth-order valence-corrected chi connectivity index (χ4v) is 2.44. The number of benzene rings is 1. The van der Waals surface area contributed by atoms with E-state index in [1.165, 1.54) is 0 Å². The monoisotopic (exact) mass is 321 g/mol. The van der Waals surface area contributed by atoms with Gasteiger partial charge in [-0.1, -0.05) is 28.1 Å². The van der Waals surface area contributed by atoms with Crippen LogP contribution in [0.5, 0.6) is 0 Å². The van der Waals surface area contributed by atoms with Gasteiger partial charge in [0.25, 0.3) is 0 Å². The van der Waals surface area contributed by atoms with Crippen molar-refractivity contribution in [3.8, 4) is 0 Å². The van der Waals surface area contributed by atoms with Crippen molar-refractivity contribution in [2.24, 2.45) is 0 Å². The molecule has 0 aliphatic carbocycles. The maximum Gasteiger partial charge on any atom is 0.244 e. The summed E-state index contributed by atoms with van der Waals surface area (Å²) in [6.45, 7) is 1.83. The van der Waals surface area contributed by atoms with Crippen LogP contribution in [0.25, 0.3) is 10.8 Å². The number of anilines is 1. The van der Waals surface area contributed by atoms with Crippen molar-refractivity contribution < 1.29 is 4.79 Å². The van der Waals surface area contributed by atoms with Crippen molar-refractivity contribution in [1.82, 2.24) is 9.88 Å². The van der Waals surface area contributed by atoms with Gasteiger partial charge in [0.1, 0.15) is 11.9 Å². The molecule has 5 heteroatoms. The van der Waals surface area contributed by atoms with Gasteiger partial charge in [0.05, 0.1) is 0 Å². The lowest BCUT2D eigenvalue weighted by Crippen LogP contribution is -2.36. The van der Waals surface area contributed by atoms with Gasteiger partial charge in [-0.05, 0) is 19.1 Å². The summed E-state index contributed by atoms with van der Waals surface area (Å²) >= 11 is 3.52. The van der Waals surface area contributed by atoms with Crippen LogP contribution in [0.2, 0.25) is 0 Å². The summed E-state index contributed by atoms with van der Waals surface area (Å²) < 4.78 is 1.02.